The minimum atomic E-state index is -0.399. The molecule has 6 heteroatoms. The highest BCUT2D eigenvalue weighted by Crippen LogP contribution is 2.23. The van der Waals surface area contributed by atoms with E-state index >= 15 is 0 Å². The Morgan fingerprint density at radius 1 is 1.50 bits per heavy atom. The Labute approximate surface area is 105 Å². The molecule has 0 radical (unpaired) electrons. The van der Waals surface area contributed by atoms with Crippen LogP contribution in [0.4, 0.5) is 5.69 Å². The predicted octanol–water partition coefficient (Wildman–Crippen LogP) is 2.69. The van der Waals surface area contributed by atoms with E-state index in [1.54, 1.807) is 24.5 Å². The molecule has 0 spiro atoms. The normalized spacial score (nSPS) is 10.4. The summed E-state index contributed by atoms with van der Waals surface area (Å²) in [6, 6.07) is 4.97. The smallest absolute Gasteiger partial charge is 0.258 e. The van der Waals surface area contributed by atoms with Crippen LogP contribution in [0.3, 0.4) is 0 Å². The van der Waals surface area contributed by atoms with Crippen LogP contribution in [-0.2, 0) is 0 Å². The zero-order valence-electron chi connectivity index (χ0n) is 8.42. The molecule has 1 aromatic carbocycles. The average Bonchev–Trinajstić information content (AvgIpc) is 2.64. The Kier molecular flexibility index (Phi) is 2.90. The first-order valence-electron chi connectivity index (χ1n) is 4.53. The fourth-order valence-corrected chi connectivity index (χ4v) is 1.79. The summed E-state index contributed by atoms with van der Waals surface area (Å²) in [4.78, 5) is 10.5. The lowest BCUT2D eigenvalue weighted by Gasteiger charge is -2.03. The monoisotopic (exact) mass is 329 g/mol. The van der Waals surface area contributed by atoms with Gasteiger partial charge in [-0.1, -0.05) is 6.07 Å². The van der Waals surface area contributed by atoms with Crippen LogP contribution < -0.4 is 0 Å². The van der Waals surface area contributed by atoms with Crippen LogP contribution in [0.15, 0.2) is 30.6 Å². The maximum atomic E-state index is 10.9. The fourth-order valence-electron chi connectivity index (χ4n) is 1.40. The second-order valence-electron chi connectivity index (χ2n) is 3.35. The molecular formula is C10H8IN3O2. The molecular weight excluding hydrogens is 321 g/mol. The second kappa shape index (κ2) is 4.20. The van der Waals surface area contributed by atoms with Gasteiger partial charge in [-0.15, -0.1) is 0 Å². The van der Waals surface area contributed by atoms with E-state index in [9.17, 15) is 10.1 Å². The summed E-state index contributed by atoms with van der Waals surface area (Å²) in [5.41, 5.74) is 1.52. The van der Waals surface area contributed by atoms with Crippen molar-refractivity contribution in [3.63, 3.8) is 0 Å². The van der Waals surface area contributed by atoms with Crippen LogP contribution in [0.25, 0.3) is 5.69 Å². The van der Waals surface area contributed by atoms with Gasteiger partial charge in [-0.25, -0.2) is 4.68 Å². The largest absolute Gasteiger partial charge is 0.294 e. The molecule has 0 N–H and O–H groups in total. The Morgan fingerprint density at radius 3 is 2.81 bits per heavy atom. The van der Waals surface area contributed by atoms with E-state index in [-0.39, 0.29) is 5.69 Å². The highest BCUT2D eigenvalue weighted by atomic mass is 127. The standard InChI is InChI=1S/C10H8IN3O2/c1-7-2-3-9(14(15)16)10(4-7)13-6-8(11)5-12-13/h2-6H,1H3. The molecule has 0 fully saturated rings. The van der Waals surface area contributed by atoms with Crippen molar-refractivity contribution in [3.05, 3.63) is 49.8 Å². The Morgan fingerprint density at radius 2 is 2.25 bits per heavy atom. The molecule has 2 aromatic rings. The molecule has 82 valence electrons. The summed E-state index contributed by atoms with van der Waals surface area (Å²) >= 11 is 2.11. The molecule has 0 aliphatic rings. The van der Waals surface area contributed by atoms with Gasteiger partial charge in [-0.3, -0.25) is 10.1 Å². The Bertz CT molecular complexity index is 551. The van der Waals surface area contributed by atoms with Gasteiger partial charge in [-0.2, -0.15) is 5.10 Å². The number of hydrogen-bond acceptors (Lipinski definition) is 3. The van der Waals surface area contributed by atoms with Crippen molar-refractivity contribution in [2.45, 2.75) is 6.92 Å². The molecule has 5 nitrogen and oxygen atoms in total. The van der Waals surface area contributed by atoms with E-state index in [1.165, 1.54) is 10.7 Å². The van der Waals surface area contributed by atoms with Crippen LogP contribution in [0.5, 0.6) is 0 Å². The number of aryl methyl sites for hydroxylation is 1. The summed E-state index contributed by atoms with van der Waals surface area (Å²) in [6.07, 6.45) is 3.41. The number of halogens is 1. The molecule has 0 saturated carbocycles. The first-order chi connectivity index (χ1) is 7.58. The lowest BCUT2D eigenvalue weighted by atomic mass is 10.2. The molecule has 0 saturated heterocycles. The molecule has 0 unspecified atom stereocenters. The van der Waals surface area contributed by atoms with E-state index in [1.807, 2.05) is 6.92 Å². The van der Waals surface area contributed by atoms with Crippen LogP contribution in [0.1, 0.15) is 5.56 Å². The molecule has 1 aromatic heterocycles. The highest BCUT2D eigenvalue weighted by molar-refractivity contribution is 14.1. The minimum absolute atomic E-state index is 0.0603. The van der Waals surface area contributed by atoms with E-state index in [2.05, 4.69) is 27.7 Å². The Hall–Kier alpha value is -1.44. The zero-order chi connectivity index (χ0) is 11.7. The molecule has 0 bridgehead atoms. The molecule has 2 rings (SSSR count). The number of benzene rings is 1. The summed E-state index contributed by atoms with van der Waals surface area (Å²) in [5.74, 6) is 0. The van der Waals surface area contributed by atoms with E-state index < -0.39 is 4.92 Å². The van der Waals surface area contributed by atoms with Crippen molar-refractivity contribution in [1.82, 2.24) is 9.78 Å². The summed E-state index contributed by atoms with van der Waals surface area (Å²) in [5, 5.41) is 15.0. The van der Waals surface area contributed by atoms with E-state index in [0.29, 0.717) is 5.69 Å². The average molecular weight is 329 g/mol. The molecule has 16 heavy (non-hydrogen) atoms. The lowest BCUT2D eigenvalue weighted by molar-refractivity contribution is -0.384. The van der Waals surface area contributed by atoms with Crippen LogP contribution in [-0.4, -0.2) is 14.7 Å². The first-order valence-corrected chi connectivity index (χ1v) is 5.61. The van der Waals surface area contributed by atoms with E-state index in [4.69, 9.17) is 0 Å². The zero-order valence-corrected chi connectivity index (χ0v) is 10.6. The number of nitro benzene ring substituents is 1. The van der Waals surface area contributed by atoms with Gasteiger partial charge in [-0.05, 0) is 41.1 Å². The van der Waals surface area contributed by atoms with Gasteiger partial charge in [0.1, 0.15) is 5.69 Å². The maximum Gasteiger partial charge on any atom is 0.294 e. The molecule has 0 amide bonds. The lowest BCUT2D eigenvalue weighted by Crippen LogP contribution is -2.00. The summed E-state index contributed by atoms with van der Waals surface area (Å²) in [7, 11) is 0. The van der Waals surface area contributed by atoms with Gasteiger partial charge in [0.25, 0.3) is 5.69 Å². The molecule has 0 atom stereocenters. The summed E-state index contributed by atoms with van der Waals surface area (Å²) < 4.78 is 2.46. The second-order valence-corrected chi connectivity index (χ2v) is 4.60. The third-order valence-electron chi connectivity index (χ3n) is 2.13. The number of nitrogens with zero attached hydrogens (tertiary/aromatic N) is 3. The third-order valence-corrected chi connectivity index (χ3v) is 2.68. The number of nitro groups is 1. The van der Waals surface area contributed by atoms with Gasteiger partial charge in [0, 0.05) is 12.3 Å². The molecule has 1 heterocycles. The van der Waals surface area contributed by atoms with Gasteiger partial charge in [0.2, 0.25) is 0 Å². The van der Waals surface area contributed by atoms with Gasteiger partial charge in [0.15, 0.2) is 0 Å². The van der Waals surface area contributed by atoms with E-state index in [0.717, 1.165) is 9.13 Å². The number of hydrogen-bond donors (Lipinski definition) is 0. The quantitative estimate of drug-likeness (QED) is 0.483. The molecule has 0 aliphatic carbocycles. The van der Waals surface area contributed by atoms with Crippen molar-refractivity contribution in [2.24, 2.45) is 0 Å². The van der Waals surface area contributed by atoms with Crippen LogP contribution >= 0.6 is 22.6 Å². The fraction of sp³-hybridized carbons (Fsp3) is 0.100. The van der Waals surface area contributed by atoms with Gasteiger partial charge < -0.3 is 0 Å². The Balaban J connectivity index is 2.62. The first kappa shape index (κ1) is 11.1. The van der Waals surface area contributed by atoms with Crippen molar-refractivity contribution in [3.8, 4) is 5.69 Å². The topological polar surface area (TPSA) is 61.0 Å². The van der Waals surface area contributed by atoms with Crippen molar-refractivity contribution in [1.29, 1.82) is 0 Å². The van der Waals surface area contributed by atoms with Crippen molar-refractivity contribution < 1.29 is 4.92 Å². The van der Waals surface area contributed by atoms with Crippen LogP contribution in [0.2, 0.25) is 0 Å². The maximum absolute atomic E-state index is 10.9. The minimum Gasteiger partial charge on any atom is -0.258 e. The van der Waals surface area contributed by atoms with Crippen molar-refractivity contribution in [2.75, 3.05) is 0 Å². The van der Waals surface area contributed by atoms with Gasteiger partial charge >= 0.3 is 0 Å². The highest BCUT2D eigenvalue weighted by Gasteiger charge is 2.15. The molecule has 0 aliphatic heterocycles. The van der Waals surface area contributed by atoms with Crippen LogP contribution in [0, 0.1) is 20.6 Å². The third kappa shape index (κ3) is 2.06. The number of aromatic nitrogens is 2. The van der Waals surface area contributed by atoms with Crippen molar-refractivity contribution >= 4 is 28.3 Å². The number of rotatable bonds is 2. The SMILES string of the molecule is Cc1ccc([N+](=O)[O-])c(-n2cc(I)cn2)c1. The summed E-state index contributed by atoms with van der Waals surface area (Å²) in [6.45, 7) is 1.89. The van der Waals surface area contributed by atoms with Gasteiger partial charge in [0.05, 0.1) is 14.7 Å². The predicted molar refractivity (Wildman–Crippen MR) is 67.7 cm³/mol.